The third kappa shape index (κ3) is 2.88. The highest BCUT2D eigenvalue weighted by atomic mass is 19.1. The van der Waals surface area contributed by atoms with Crippen molar-refractivity contribution in [2.24, 2.45) is 0 Å². The van der Waals surface area contributed by atoms with Crippen LogP contribution in [0.2, 0.25) is 0 Å². The van der Waals surface area contributed by atoms with Gasteiger partial charge in [0.05, 0.1) is 11.0 Å². The summed E-state index contributed by atoms with van der Waals surface area (Å²) < 4.78 is 24.7. The van der Waals surface area contributed by atoms with Crippen LogP contribution in [0.15, 0.2) is 51.3 Å². The number of rotatable bonds is 4. The molecule has 0 spiro atoms. The van der Waals surface area contributed by atoms with Crippen molar-refractivity contribution >= 4 is 5.69 Å². The molecule has 0 saturated carbocycles. The second-order valence-corrected chi connectivity index (χ2v) is 5.29. The molecule has 1 aromatic carbocycles. The largest absolute Gasteiger partial charge is 0.465 e. The Kier molecular flexibility index (Phi) is 3.73. The second-order valence-electron chi connectivity index (χ2n) is 5.29. The zero-order valence-electron chi connectivity index (χ0n) is 12.6. The van der Waals surface area contributed by atoms with Crippen molar-refractivity contribution in [3.63, 3.8) is 0 Å². The highest BCUT2D eigenvalue weighted by Gasteiger charge is 2.30. The van der Waals surface area contributed by atoms with Crippen LogP contribution in [-0.2, 0) is 0 Å². The fourth-order valence-electron chi connectivity index (χ4n) is 2.58. The Labute approximate surface area is 131 Å². The first-order chi connectivity index (χ1) is 11.0. The summed E-state index contributed by atoms with van der Waals surface area (Å²) in [4.78, 5) is 10.7. The Morgan fingerprint density at radius 1 is 1.00 bits per heavy atom. The van der Waals surface area contributed by atoms with Crippen LogP contribution >= 0.6 is 0 Å². The third-order valence-electron chi connectivity index (χ3n) is 3.59. The zero-order valence-corrected chi connectivity index (χ0v) is 12.6. The Morgan fingerprint density at radius 2 is 1.57 bits per heavy atom. The van der Waals surface area contributed by atoms with Crippen molar-refractivity contribution in [1.29, 1.82) is 0 Å². The lowest BCUT2D eigenvalue weighted by Crippen LogP contribution is -2.05. The minimum absolute atomic E-state index is 0.307. The lowest BCUT2D eigenvalue weighted by molar-refractivity contribution is -0.385. The van der Waals surface area contributed by atoms with Gasteiger partial charge in [-0.3, -0.25) is 10.1 Å². The van der Waals surface area contributed by atoms with Crippen LogP contribution in [0.1, 0.15) is 34.5 Å². The number of halogens is 1. The molecule has 2 aromatic heterocycles. The summed E-state index contributed by atoms with van der Waals surface area (Å²) in [7, 11) is 0. The summed E-state index contributed by atoms with van der Waals surface area (Å²) in [5, 5.41) is 11.3. The highest BCUT2D eigenvalue weighted by molar-refractivity contribution is 5.49. The molecule has 118 valence electrons. The van der Waals surface area contributed by atoms with E-state index < -0.39 is 16.7 Å². The molecule has 0 atom stereocenters. The number of hydrogen-bond donors (Lipinski definition) is 0. The molecule has 0 aliphatic heterocycles. The molecule has 0 bridgehead atoms. The lowest BCUT2D eigenvalue weighted by atomic mass is 9.92. The van der Waals surface area contributed by atoms with Crippen LogP contribution in [0.4, 0.5) is 10.1 Å². The van der Waals surface area contributed by atoms with Crippen LogP contribution in [0.5, 0.6) is 0 Å². The number of nitro benzene ring substituents is 1. The van der Waals surface area contributed by atoms with Gasteiger partial charge in [0.25, 0.3) is 5.69 Å². The van der Waals surface area contributed by atoms with Crippen molar-refractivity contribution in [2.45, 2.75) is 19.8 Å². The van der Waals surface area contributed by atoms with Gasteiger partial charge in [0.15, 0.2) is 0 Å². The van der Waals surface area contributed by atoms with E-state index in [4.69, 9.17) is 8.83 Å². The maximum atomic E-state index is 13.4. The lowest BCUT2D eigenvalue weighted by Gasteiger charge is -2.13. The molecule has 0 amide bonds. The Morgan fingerprint density at radius 3 is 2.00 bits per heavy atom. The van der Waals surface area contributed by atoms with Gasteiger partial charge in [0, 0.05) is 5.56 Å². The Bertz CT molecular complexity index is 825. The van der Waals surface area contributed by atoms with Crippen molar-refractivity contribution in [2.75, 3.05) is 0 Å². The zero-order chi connectivity index (χ0) is 16.6. The minimum Gasteiger partial charge on any atom is -0.465 e. The minimum atomic E-state index is -0.662. The standard InChI is InChI=1S/C17H14FNO4/c1-10-3-7-15(22-10)17(16-8-4-11(2)23-16)13-6-5-12(18)9-14(13)19(20)21/h3-9,17H,1-2H3. The quantitative estimate of drug-likeness (QED) is 0.516. The van der Waals surface area contributed by atoms with Gasteiger partial charge in [-0.05, 0) is 50.2 Å². The molecule has 2 heterocycles. The van der Waals surface area contributed by atoms with Gasteiger partial charge in [-0.2, -0.15) is 0 Å². The van der Waals surface area contributed by atoms with Crippen molar-refractivity contribution in [3.8, 4) is 0 Å². The van der Waals surface area contributed by atoms with Crippen molar-refractivity contribution in [1.82, 2.24) is 0 Å². The first-order valence-corrected chi connectivity index (χ1v) is 7.02. The van der Waals surface area contributed by atoms with Gasteiger partial charge < -0.3 is 8.83 Å². The molecule has 0 unspecified atom stereocenters. The van der Waals surface area contributed by atoms with E-state index in [0.29, 0.717) is 28.6 Å². The molecule has 6 heteroatoms. The normalized spacial score (nSPS) is 11.1. The predicted octanol–water partition coefficient (Wildman–Crippen LogP) is 4.72. The molecule has 0 aliphatic rings. The maximum absolute atomic E-state index is 13.4. The van der Waals surface area contributed by atoms with E-state index in [9.17, 15) is 14.5 Å². The Hall–Kier alpha value is -2.89. The maximum Gasteiger partial charge on any atom is 0.276 e. The molecular weight excluding hydrogens is 301 g/mol. The first-order valence-electron chi connectivity index (χ1n) is 7.02. The van der Waals surface area contributed by atoms with Crippen LogP contribution < -0.4 is 0 Å². The number of benzene rings is 1. The molecule has 5 nitrogen and oxygen atoms in total. The number of nitro groups is 1. The molecular formula is C17H14FNO4. The molecule has 23 heavy (non-hydrogen) atoms. The predicted molar refractivity (Wildman–Crippen MR) is 80.9 cm³/mol. The number of nitrogens with zero attached hydrogens (tertiary/aromatic N) is 1. The first kappa shape index (κ1) is 15.0. The van der Waals surface area contributed by atoms with Gasteiger partial charge in [-0.15, -0.1) is 0 Å². The van der Waals surface area contributed by atoms with E-state index >= 15 is 0 Å². The molecule has 0 fully saturated rings. The van der Waals surface area contributed by atoms with E-state index in [1.54, 1.807) is 38.1 Å². The summed E-state index contributed by atoms with van der Waals surface area (Å²) in [5.74, 6) is 1.10. The van der Waals surface area contributed by atoms with E-state index in [1.807, 2.05) is 0 Å². The SMILES string of the molecule is Cc1ccc(C(c2ccc(C)o2)c2ccc(F)cc2[N+](=O)[O-])o1. The molecule has 0 aliphatic carbocycles. The van der Waals surface area contributed by atoms with Gasteiger partial charge >= 0.3 is 0 Å². The Balaban J connectivity index is 2.22. The van der Waals surface area contributed by atoms with Crippen LogP contribution in [0.25, 0.3) is 0 Å². The van der Waals surface area contributed by atoms with E-state index in [-0.39, 0.29) is 5.69 Å². The van der Waals surface area contributed by atoms with Gasteiger partial charge in [0.1, 0.15) is 34.8 Å². The summed E-state index contributed by atoms with van der Waals surface area (Å²) in [6.07, 6.45) is 0. The molecule has 0 radical (unpaired) electrons. The van der Waals surface area contributed by atoms with Gasteiger partial charge in [-0.25, -0.2) is 4.39 Å². The average Bonchev–Trinajstić information content (AvgIpc) is 3.10. The smallest absolute Gasteiger partial charge is 0.276 e. The van der Waals surface area contributed by atoms with Crippen molar-refractivity contribution < 1.29 is 18.1 Å². The fraction of sp³-hybridized carbons (Fsp3) is 0.176. The molecule has 0 N–H and O–H groups in total. The summed E-state index contributed by atoms with van der Waals surface area (Å²) in [6, 6.07) is 10.5. The highest BCUT2D eigenvalue weighted by Crippen LogP contribution is 2.38. The number of aryl methyl sites for hydroxylation is 2. The number of furan rings is 2. The van der Waals surface area contributed by atoms with E-state index in [1.165, 1.54) is 12.1 Å². The molecule has 0 saturated heterocycles. The average molecular weight is 315 g/mol. The van der Waals surface area contributed by atoms with Gasteiger partial charge in [0.2, 0.25) is 0 Å². The summed E-state index contributed by atoms with van der Waals surface area (Å²) >= 11 is 0. The van der Waals surface area contributed by atoms with E-state index in [2.05, 4.69) is 0 Å². The van der Waals surface area contributed by atoms with Crippen molar-refractivity contribution in [3.05, 3.63) is 87.0 Å². The molecule has 3 rings (SSSR count). The van der Waals surface area contributed by atoms with Crippen LogP contribution in [0, 0.1) is 29.8 Å². The third-order valence-corrected chi connectivity index (χ3v) is 3.59. The summed E-state index contributed by atoms with van der Waals surface area (Å²) in [5.41, 5.74) is 0.0122. The van der Waals surface area contributed by atoms with Crippen LogP contribution in [-0.4, -0.2) is 4.92 Å². The topological polar surface area (TPSA) is 69.4 Å². The van der Waals surface area contributed by atoms with Crippen LogP contribution in [0.3, 0.4) is 0 Å². The second kappa shape index (κ2) is 5.72. The summed E-state index contributed by atoms with van der Waals surface area (Å²) in [6.45, 7) is 3.57. The monoisotopic (exact) mass is 315 g/mol. The van der Waals surface area contributed by atoms with E-state index in [0.717, 1.165) is 6.07 Å². The molecule has 3 aromatic rings. The van der Waals surface area contributed by atoms with Gasteiger partial charge in [-0.1, -0.05) is 0 Å². The fourth-order valence-corrected chi connectivity index (χ4v) is 2.58. The number of hydrogen-bond acceptors (Lipinski definition) is 4.